The number of halogens is 3. The van der Waals surface area contributed by atoms with Crippen molar-refractivity contribution in [2.45, 2.75) is 90.8 Å². The van der Waals surface area contributed by atoms with Crippen LogP contribution in [0.25, 0.3) is 0 Å². The molecule has 0 N–H and O–H groups in total. The number of rotatable bonds is 6. The Hall–Kier alpha value is -0.930. The molecule has 0 amide bonds. The maximum atomic E-state index is 12.3. The van der Waals surface area contributed by atoms with E-state index in [0.29, 0.717) is 18.3 Å². The standard InChI is InChI=1S/C24H37F3O/c1-3-17(4-2)18-5-7-19(8-6-18)20-9-11-21(12-10-20)22-13-15-23(16-14-22)28-24(25,26)27/h13,15-22H,3-12,14H2,1-2H3. The van der Waals surface area contributed by atoms with Gasteiger partial charge in [-0.2, -0.15) is 0 Å². The number of alkyl halides is 3. The van der Waals surface area contributed by atoms with E-state index in [1.807, 2.05) is 6.08 Å². The smallest absolute Gasteiger partial charge is 0.406 e. The van der Waals surface area contributed by atoms with Crippen molar-refractivity contribution in [2.75, 3.05) is 0 Å². The largest absolute Gasteiger partial charge is 0.573 e. The molecule has 1 nitrogen and oxygen atoms in total. The quantitative estimate of drug-likeness (QED) is 0.440. The van der Waals surface area contributed by atoms with Crippen molar-refractivity contribution in [3.8, 4) is 0 Å². The molecule has 0 aliphatic heterocycles. The highest BCUT2D eigenvalue weighted by molar-refractivity contribution is 5.19. The number of hydrogen-bond acceptors (Lipinski definition) is 1. The van der Waals surface area contributed by atoms with Gasteiger partial charge in [0.2, 0.25) is 0 Å². The highest BCUT2D eigenvalue weighted by Gasteiger charge is 2.35. The molecule has 1 unspecified atom stereocenters. The summed E-state index contributed by atoms with van der Waals surface area (Å²) in [4.78, 5) is 0. The second-order valence-electron chi connectivity index (χ2n) is 9.34. The Kier molecular flexibility index (Phi) is 7.55. The molecule has 2 saturated carbocycles. The van der Waals surface area contributed by atoms with Gasteiger partial charge in [-0.3, -0.25) is 0 Å². The molecule has 0 radical (unpaired) electrons. The number of allylic oxidation sites excluding steroid dienone is 3. The minimum atomic E-state index is -4.59. The molecule has 160 valence electrons. The van der Waals surface area contributed by atoms with Gasteiger partial charge in [0.05, 0.1) is 0 Å². The highest BCUT2D eigenvalue weighted by Crippen LogP contribution is 2.45. The third kappa shape index (κ3) is 5.79. The zero-order valence-corrected chi connectivity index (χ0v) is 17.5. The Labute approximate surface area is 168 Å². The van der Waals surface area contributed by atoms with Crippen LogP contribution in [-0.4, -0.2) is 6.36 Å². The van der Waals surface area contributed by atoms with Crippen LogP contribution in [0.5, 0.6) is 0 Å². The first-order chi connectivity index (χ1) is 13.4. The minimum absolute atomic E-state index is 0.0494. The molecular formula is C24H37F3O. The Morgan fingerprint density at radius 1 is 0.893 bits per heavy atom. The predicted molar refractivity (Wildman–Crippen MR) is 107 cm³/mol. The van der Waals surface area contributed by atoms with Crippen molar-refractivity contribution in [3.05, 3.63) is 24.0 Å². The SMILES string of the molecule is CCC(CC)C1CCC(C2CCC(C3C=CC(OC(F)(F)F)=CC3)CC2)CC1. The van der Waals surface area contributed by atoms with Gasteiger partial charge in [-0.05, 0) is 105 Å². The van der Waals surface area contributed by atoms with Crippen LogP contribution in [0.1, 0.15) is 84.5 Å². The summed E-state index contributed by atoms with van der Waals surface area (Å²) in [6, 6.07) is 0. The lowest BCUT2D eigenvalue weighted by molar-refractivity contribution is -0.303. The Balaban J connectivity index is 1.41. The third-order valence-electron chi connectivity index (χ3n) is 7.95. The topological polar surface area (TPSA) is 9.23 Å². The molecule has 4 heteroatoms. The summed E-state index contributed by atoms with van der Waals surface area (Å²) in [5, 5.41) is 0. The van der Waals surface area contributed by atoms with Crippen molar-refractivity contribution in [3.63, 3.8) is 0 Å². The van der Waals surface area contributed by atoms with E-state index in [4.69, 9.17) is 0 Å². The van der Waals surface area contributed by atoms with Gasteiger partial charge in [0, 0.05) is 0 Å². The predicted octanol–water partition coefficient (Wildman–Crippen LogP) is 8.03. The van der Waals surface area contributed by atoms with Gasteiger partial charge in [0.1, 0.15) is 5.76 Å². The van der Waals surface area contributed by atoms with Crippen LogP contribution in [-0.2, 0) is 4.74 Å². The average Bonchev–Trinajstić information content (AvgIpc) is 2.69. The van der Waals surface area contributed by atoms with Gasteiger partial charge < -0.3 is 4.74 Å². The van der Waals surface area contributed by atoms with Crippen LogP contribution >= 0.6 is 0 Å². The Morgan fingerprint density at radius 3 is 1.89 bits per heavy atom. The number of ether oxygens (including phenoxy) is 1. The van der Waals surface area contributed by atoms with E-state index in [1.165, 1.54) is 70.3 Å². The van der Waals surface area contributed by atoms with Gasteiger partial charge >= 0.3 is 6.36 Å². The fraction of sp³-hybridized carbons (Fsp3) is 0.833. The lowest BCUT2D eigenvalue weighted by Gasteiger charge is -2.40. The normalized spacial score (nSPS) is 34.4. The molecule has 1 atom stereocenters. The van der Waals surface area contributed by atoms with Crippen LogP contribution in [0.15, 0.2) is 24.0 Å². The summed E-state index contributed by atoms with van der Waals surface area (Å²) in [5.41, 5.74) is 0. The summed E-state index contributed by atoms with van der Waals surface area (Å²) >= 11 is 0. The van der Waals surface area contributed by atoms with Gasteiger partial charge in [0.25, 0.3) is 0 Å². The van der Waals surface area contributed by atoms with Gasteiger partial charge in [-0.1, -0.05) is 32.8 Å². The van der Waals surface area contributed by atoms with E-state index < -0.39 is 6.36 Å². The zero-order valence-electron chi connectivity index (χ0n) is 17.5. The molecule has 0 heterocycles. The molecule has 2 fully saturated rings. The van der Waals surface area contributed by atoms with E-state index in [1.54, 1.807) is 6.08 Å². The summed E-state index contributed by atoms with van der Waals surface area (Å²) in [6.07, 6.45) is 14.6. The first kappa shape index (κ1) is 21.8. The molecule has 3 rings (SSSR count). The van der Waals surface area contributed by atoms with Gasteiger partial charge in [-0.15, -0.1) is 13.2 Å². The molecule has 28 heavy (non-hydrogen) atoms. The van der Waals surface area contributed by atoms with E-state index in [0.717, 1.165) is 23.7 Å². The van der Waals surface area contributed by atoms with Gasteiger partial charge in [0.15, 0.2) is 0 Å². The Morgan fingerprint density at radius 2 is 1.43 bits per heavy atom. The van der Waals surface area contributed by atoms with E-state index in [-0.39, 0.29) is 5.76 Å². The molecule has 0 saturated heterocycles. The van der Waals surface area contributed by atoms with E-state index >= 15 is 0 Å². The lowest BCUT2D eigenvalue weighted by atomic mass is 9.65. The van der Waals surface area contributed by atoms with E-state index in [9.17, 15) is 13.2 Å². The third-order valence-corrected chi connectivity index (χ3v) is 7.95. The maximum Gasteiger partial charge on any atom is 0.573 e. The van der Waals surface area contributed by atoms with Crippen LogP contribution in [0.4, 0.5) is 13.2 Å². The fourth-order valence-corrected chi connectivity index (χ4v) is 6.26. The fourth-order valence-electron chi connectivity index (χ4n) is 6.26. The number of hydrogen-bond donors (Lipinski definition) is 0. The van der Waals surface area contributed by atoms with Crippen LogP contribution in [0, 0.1) is 35.5 Å². The average molecular weight is 399 g/mol. The van der Waals surface area contributed by atoms with Crippen LogP contribution in [0.3, 0.4) is 0 Å². The van der Waals surface area contributed by atoms with Crippen molar-refractivity contribution in [1.29, 1.82) is 0 Å². The second-order valence-corrected chi connectivity index (χ2v) is 9.34. The molecule has 0 aromatic heterocycles. The summed E-state index contributed by atoms with van der Waals surface area (Å²) in [5.74, 6) is 4.63. The summed E-state index contributed by atoms with van der Waals surface area (Å²) < 4.78 is 41.0. The zero-order chi connectivity index (χ0) is 20.1. The van der Waals surface area contributed by atoms with Crippen molar-refractivity contribution >= 4 is 0 Å². The Bertz CT molecular complexity index is 531. The first-order valence-corrected chi connectivity index (χ1v) is 11.5. The molecular weight excluding hydrogens is 361 g/mol. The van der Waals surface area contributed by atoms with Crippen molar-refractivity contribution < 1.29 is 17.9 Å². The second kappa shape index (κ2) is 9.71. The highest BCUT2D eigenvalue weighted by atomic mass is 19.4. The van der Waals surface area contributed by atoms with Gasteiger partial charge in [-0.25, -0.2) is 0 Å². The van der Waals surface area contributed by atoms with Crippen molar-refractivity contribution in [1.82, 2.24) is 0 Å². The van der Waals surface area contributed by atoms with Crippen LogP contribution in [0.2, 0.25) is 0 Å². The molecule has 3 aliphatic rings. The molecule has 0 bridgehead atoms. The summed E-state index contributed by atoms with van der Waals surface area (Å²) in [6.45, 7) is 4.68. The lowest BCUT2D eigenvalue weighted by Crippen LogP contribution is -2.29. The minimum Gasteiger partial charge on any atom is -0.406 e. The molecule has 0 aromatic carbocycles. The molecule has 0 spiro atoms. The van der Waals surface area contributed by atoms with Crippen LogP contribution < -0.4 is 0 Å². The monoisotopic (exact) mass is 398 g/mol. The maximum absolute atomic E-state index is 12.3. The molecule has 3 aliphatic carbocycles. The van der Waals surface area contributed by atoms with Crippen molar-refractivity contribution in [2.24, 2.45) is 35.5 Å². The first-order valence-electron chi connectivity index (χ1n) is 11.5. The molecule has 0 aromatic rings. The van der Waals surface area contributed by atoms with E-state index in [2.05, 4.69) is 18.6 Å². The summed E-state index contributed by atoms with van der Waals surface area (Å²) in [7, 11) is 0.